The molecule has 0 saturated heterocycles. The molecule has 4 heteroatoms. The van der Waals surface area contributed by atoms with Crippen LogP contribution in [0.3, 0.4) is 0 Å². The van der Waals surface area contributed by atoms with Crippen LogP contribution in [-0.4, -0.2) is 23.9 Å². The van der Waals surface area contributed by atoms with Gasteiger partial charge in [-0.25, -0.2) is 0 Å². The second kappa shape index (κ2) is 6.27. The van der Waals surface area contributed by atoms with Crippen molar-refractivity contribution in [1.29, 1.82) is 0 Å². The lowest BCUT2D eigenvalue weighted by Gasteiger charge is -2.39. The third-order valence-electron chi connectivity index (χ3n) is 4.87. The van der Waals surface area contributed by atoms with E-state index >= 15 is 0 Å². The molecule has 2 aliphatic rings. The highest BCUT2D eigenvalue weighted by molar-refractivity contribution is 9.10. The molecule has 0 spiro atoms. The smallest absolute Gasteiger partial charge is 0.127 e. The number of ether oxygens (including phenoxy) is 1. The van der Waals surface area contributed by atoms with Crippen LogP contribution in [0.2, 0.25) is 0 Å². The minimum atomic E-state index is -0.120. The molecular weight excluding hydrogens is 330 g/mol. The van der Waals surface area contributed by atoms with Crippen molar-refractivity contribution in [3.05, 3.63) is 27.7 Å². The zero-order valence-electron chi connectivity index (χ0n) is 12.6. The molecule has 1 aliphatic heterocycles. The predicted molar refractivity (Wildman–Crippen MR) is 87.6 cm³/mol. The maximum Gasteiger partial charge on any atom is 0.127 e. The van der Waals surface area contributed by atoms with Gasteiger partial charge in [0.2, 0.25) is 0 Å². The molecule has 1 aromatic rings. The van der Waals surface area contributed by atoms with Crippen LogP contribution >= 0.6 is 15.9 Å². The van der Waals surface area contributed by atoms with Gasteiger partial charge in [0.15, 0.2) is 0 Å². The molecule has 1 saturated carbocycles. The summed E-state index contributed by atoms with van der Waals surface area (Å²) in [6.07, 6.45) is 5.58. The standard InChI is InChI=1S/C17H24BrNO2/c1-12-3-2-5-17(9-12,11-20)19-10-14-8-15(18)7-13-4-6-21-16(13)14/h7-8,12,19-20H,2-6,9-11H2,1H3. The minimum Gasteiger partial charge on any atom is -0.493 e. The number of aliphatic hydroxyl groups is 1. The Balaban J connectivity index is 1.75. The van der Waals surface area contributed by atoms with Crippen LogP contribution < -0.4 is 10.1 Å². The number of benzene rings is 1. The number of rotatable bonds is 4. The van der Waals surface area contributed by atoms with Crippen molar-refractivity contribution in [2.24, 2.45) is 5.92 Å². The fourth-order valence-electron chi connectivity index (χ4n) is 3.78. The maximum absolute atomic E-state index is 9.88. The largest absolute Gasteiger partial charge is 0.493 e. The second-order valence-corrected chi connectivity index (χ2v) is 7.56. The molecule has 1 aromatic carbocycles. The van der Waals surface area contributed by atoms with Gasteiger partial charge in [0.1, 0.15) is 5.75 Å². The number of hydrogen-bond donors (Lipinski definition) is 2. The SMILES string of the molecule is CC1CCCC(CO)(NCc2cc(Br)cc3c2OCC3)C1. The van der Waals surface area contributed by atoms with Crippen molar-refractivity contribution >= 4 is 15.9 Å². The zero-order chi connectivity index (χ0) is 14.9. The molecule has 0 aromatic heterocycles. The average molecular weight is 354 g/mol. The lowest BCUT2D eigenvalue weighted by molar-refractivity contribution is 0.0980. The Labute approximate surface area is 135 Å². The molecule has 0 radical (unpaired) electrons. The molecule has 1 heterocycles. The molecular formula is C17H24BrNO2. The topological polar surface area (TPSA) is 41.5 Å². The Morgan fingerprint density at radius 1 is 1.48 bits per heavy atom. The molecule has 21 heavy (non-hydrogen) atoms. The van der Waals surface area contributed by atoms with E-state index in [2.05, 4.69) is 40.3 Å². The van der Waals surface area contributed by atoms with E-state index in [0.717, 1.165) is 42.6 Å². The summed E-state index contributed by atoms with van der Waals surface area (Å²) < 4.78 is 6.90. The lowest BCUT2D eigenvalue weighted by Crippen LogP contribution is -2.51. The Bertz CT molecular complexity index is 520. The Kier molecular flexibility index (Phi) is 4.57. The van der Waals surface area contributed by atoms with E-state index in [-0.39, 0.29) is 12.1 Å². The molecule has 1 fully saturated rings. The Morgan fingerprint density at radius 2 is 2.33 bits per heavy atom. The summed E-state index contributed by atoms with van der Waals surface area (Å²) >= 11 is 3.59. The summed E-state index contributed by atoms with van der Waals surface area (Å²) in [6, 6.07) is 4.28. The Morgan fingerprint density at radius 3 is 3.10 bits per heavy atom. The van der Waals surface area contributed by atoms with Gasteiger partial charge in [-0.3, -0.25) is 0 Å². The Hall–Kier alpha value is -0.580. The van der Waals surface area contributed by atoms with Gasteiger partial charge in [0.25, 0.3) is 0 Å². The highest BCUT2D eigenvalue weighted by atomic mass is 79.9. The van der Waals surface area contributed by atoms with E-state index in [9.17, 15) is 5.11 Å². The van der Waals surface area contributed by atoms with Gasteiger partial charge in [0.05, 0.1) is 13.2 Å². The number of aliphatic hydroxyl groups excluding tert-OH is 1. The molecule has 2 N–H and O–H groups in total. The fraction of sp³-hybridized carbons (Fsp3) is 0.647. The van der Waals surface area contributed by atoms with Crippen molar-refractivity contribution in [2.75, 3.05) is 13.2 Å². The first kappa shape index (κ1) is 15.3. The number of hydrogen-bond acceptors (Lipinski definition) is 3. The second-order valence-electron chi connectivity index (χ2n) is 6.65. The van der Waals surface area contributed by atoms with Gasteiger partial charge >= 0.3 is 0 Å². The van der Waals surface area contributed by atoms with Crippen molar-refractivity contribution in [3.63, 3.8) is 0 Å². The third-order valence-corrected chi connectivity index (χ3v) is 5.33. The van der Waals surface area contributed by atoms with Crippen molar-refractivity contribution < 1.29 is 9.84 Å². The zero-order valence-corrected chi connectivity index (χ0v) is 14.2. The van der Waals surface area contributed by atoms with Crippen LogP contribution in [0.1, 0.15) is 43.7 Å². The molecule has 0 bridgehead atoms. The van der Waals surface area contributed by atoms with Gasteiger partial charge in [0, 0.05) is 28.5 Å². The predicted octanol–water partition coefficient (Wildman–Crippen LogP) is 3.41. The first-order chi connectivity index (χ1) is 10.1. The highest BCUT2D eigenvalue weighted by Gasteiger charge is 2.34. The summed E-state index contributed by atoms with van der Waals surface area (Å²) in [4.78, 5) is 0. The van der Waals surface area contributed by atoms with Gasteiger partial charge in [-0.05, 0) is 36.5 Å². The minimum absolute atomic E-state index is 0.120. The van der Waals surface area contributed by atoms with E-state index < -0.39 is 0 Å². The highest BCUT2D eigenvalue weighted by Crippen LogP contribution is 2.35. The van der Waals surface area contributed by atoms with E-state index in [4.69, 9.17) is 4.74 Å². The molecule has 116 valence electrons. The molecule has 2 unspecified atom stereocenters. The molecule has 3 nitrogen and oxygen atoms in total. The van der Waals surface area contributed by atoms with Crippen molar-refractivity contribution in [2.45, 2.75) is 51.1 Å². The van der Waals surface area contributed by atoms with Gasteiger partial charge < -0.3 is 15.2 Å². The van der Waals surface area contributed by atoms with Gasteiger partial charge in [-0.2, -0.15) is 0 Å². The van der Waals surface area contributed by atoms with Crippen LogP contribution in [0.25, 0.3) is 0 Å². The molecule has 2 atom stereocenters. The van der Waals surface area contributed by atoms with E-state index in [0.29, 0.717) is 5.92 Å². The summed E-state index contributed by atoms with van der Waals surface area (Å²) in [6.45, 7) is 4.04. The van der Waals surface area contributed by atoms with Crippen LogP contribution in [-0.2, 0) is 13.0 Å². The van der Waals surface area contributed by atoms with Gasteiger partial charge in [-0.15, -0.1) is 0 Å². The van der Waals surface area contributed by atoms with Crippen LogP contribution in [0.15, 0.2) is 16.6 Å². The molecule has 3 rings (SSSR count). The number of halogens is 1. The van der Waals surface area contributed by atoms with Crippen LogP contribution in [0, 0.1) is 5.92 Å². The maximum atomic E-state index is 9.88. The van der Waals surface area contributed by atoms with Crippen molar-refractivity contribution in [1.82, 2.24) is 5.32 Å². The van der Waals surface area contributed by atoms with Crippen LogP contribution in [0.4, 0.5) is 0 Å². The summed E-state index contributed by atoms with van der Waals surface area (Å²) in [5, 5.41) is 13.5. The third kappa shape index (κ3) is 3.27. The number of fused-ring (bicyclic) bond motifs is 1. The average Bonchev–Trinajstić information content (AvgIpc) is 2.93. The van der Waals surface area contributed by atoms with Crippen molar-refractivity contribution in [3.8, 4) is 5.75 Å². The quantitative estimate of drug-likeness (QED) is 0.871. The van der Waals surface area contributed by atoms with Crippen LogP contribution in [0.5, 0.6) is 5.75 Å². The van der Waals surface area contributed by atoms with E-state index in [1.807, 2.05) is 0 Å². The summed E-state index contributed by atoms with van der Waals surface area (Å²) in [5.41, 5.74) is 2.37. The van der Waals surface area contributed by atoms with E-state index in [1.54, 1.807) is 0 Å². The summed E-state index contributed by atoms with van der Waals surface area (Å²) in [7, 11) is 0. The first-order valence-corrected chi connectivity index (χ1v) is 8.71. The monoisotopic (exact) mass is 353 g/mol. The first-order valence-electron chi connectivity index (χ1n) is 7.92. The molecule has 0 amide bonds. The lowest BCUT2D eigenvalue weighted by atomic mass is 9.76. The summed E-state index contributed by atoms with van der Waals surface area (Å²) in [5.74, 6) is 1.73. The number of nitrogens with one attached hydrogen (secondary N) is 1. The molecule has 1 aliphatic carbocycles. The van der Waals surface area contributed by atoms with E-state index in [1.165, 1.54) is 24.0 Å². The fourth-order valence-corrected chi connectivity index (χ4v) is 4.33. The normalized spacial score (nSPS) is 28.2. The van der Waals surface area contributed by atoms with Gasteiger partial charge in [-0.1, -0.05) is 35.7 Å².